The first kappa shape index (κ1) is 13.6. The average Bonchev–Trinajstić information content (AvgIpc) is 2.32. The normalized spacial score (nSPS) is 14.6. The summed E-state index contributed by atoms with van der Waals surface area (Å²) < 4.78 is 12.9. The van der Waals surface area contributed by atoms with Crippen LogP contribution in [0.3, 0.4) is 0 Å². The molecule has 0 heterocycles. The molecule has 1 rings (SSSR count). The SMILES string of the molecule is CCN(C)C(CC)(C(=O)O)c1ccc(F)cc1. The molecule has 0 saturated carbocycles. The van der Waals surface area contributed by atoms with Crippen LogP contribution in [0, 0.1) is 5.82 Å². The Morgan fingerprint density at radius 3 is 2.24 bits per heavy atom. The standard InChI is InChI=1S/C13H18FNO2/c1-4-13(12(16)17,15(3)5-2)10-6-8-11(14)9-7-10/h6-9H,4-5H2,1-3H3,(H,16,17). The van der Waals surface area contributed by atoms with Crippen molar-refractivity contribution in [2.24, 2.45) is 0 Å². The Morgan fingerprint density at radius 1 is 1.35 bits per heavy atom. The van der Waals surface area contributed by atoms with E-state index in [0.29, 0.717) is 18.5 Å². The Hall–Kier alpha value is -1.42. The fourth-order valence-corrected chi connectivity index (χ4v) is 2.13. The first-order valence-corrected chi connectivity index (χ1v) is 5.69. The third kappa shape index (κ3) is 2.31. The molecule has 0 aliphatic carbocycles. The summed E-state index contributed by atoms with van der Waals surface area (Å²) in [5.41, 5.74) is -0.471. The first-order valence-electron chi connectivity index (χ1n) is 5.69. The van der Waals surface area contributed by atoms with Crippen molar-refractivity contribution >= 4 is 5.97 Å². The number of benzene rings is 1. The van der Waals surface area contributed by atoms with Crippen molar-refractivity contribution in [3.05, 3.63) is 35.6 Å². The van der Waals surface area contributed by atoms with Crippen molar-refractivity contribution in [2.45, 2.75) is 25.8 Å². The molecule has 1 N–H and O–H groups in total. The van der Waals surface area contributed by atoms with E-state index in [1.807, 2.05) is 13.8 Å². The number of likely N-dealkylation sites (N-methyl/N-ethyl adjacent to an activating group) is 1. The van der Waals surface area contributed by atoms with Crippen LogP contribution in [0.4, 0.5) is 4.39 Å². The van der Waals surface area contributed by atoms with Crippen molar-refractivity contribution in [1.29, 1.82) is 0 Å². The topological polar surface area (TPSA) is 40.5 Å². The quantitative estimate of drug-likeness (QED) is 0.858. The van der Waals surface area contributed by atoms with Gasteiger partial charge in [-0.05, 0) is 37.7 Å². The van der Waals surface area contributed by atoms with Crippen LogP contribution in [-0.4, -0.2) is 29.6 Å². The molecule has 3 nitrogen and oxygen atoms in total. The van der Waals surface area contributed by atoms with Crippen molar-refractivity contribution < 1.29 is 14.3 Å². The molecule has 0 saturated heterocycles. The van der Waals surface area contributed by atoms with E-state index in [2.05, 4.69) is 0 Å². The fraction of sp³-hybridized carbons (Fsp3) is 0.462. The summed E-state index contributed by atoms with van der Waals surface area (Å²) in [6, 6.07) is 5.68. The number of hydrogen-bond acceptors (Lipinski definition) is 2. The second kappa shape index (κ2) is 5.27. The van der Waals surface area contributed by atoms with E-state index in [4.69, 9.17) is 0 Å². The molecule has 0 amide bonds. The van der Waals surface area contributed by atoms with E-state index in [0.717, 1.165) is 0 Å². The maximum Gasteiger partial charge on any atom is 0.328 e. The highest BCUT2D eigenvalue weighted by Gasteiger charge is 2.41. The summed E-state index contributed by atoms with van der Waals surface area (Å²) >= 11 is 0. The van der Waals surface area contributed by atoms with Gasteiger partial charge in [-0.1, -0.05) is 26.0 Å². The number of carboxylic acid groups (broad SMARTS) is 1. The van der Waals surface area contributed by atoms with Gasteiger partial charge in [-0.2, -0.15) is 0 Å². The van der Waals surface area contributed by atoms with Crippen molar-refractivity contribution in [2.75, 3.05) is 13.6 Å². The smallest absolute Gasteiger partial charge is 0.328 e. The van der Waals surface area contributed by atoms with Crippen LogP contribution in [0.1, 0.15) is 25.8 Å². The average molecular weight is 239 g/mol. The number of halogens is 1. The molecule has 1 atom stereocenters. The zero-order valence-corrected chi connectivity index (χ0v) is 10.4. The molecular weight excluding hydrogens is 221 g/mol. The Balaban J connectivity index is 3.31. The van der Waals surface area contributed by atoms with E-state index in [9.17, 15) is 14.3 Å². The van der Waals surface area contributed by atoms with Crippen LogP contribution in [0.5, 0.6) is 0 Å². The van der Waals surface area contributed by atoms with Gasteiger partial charge in [0.05, 0.1) is 0 Å². The third-order valence-corrected chi connectivity index (χ3v) is 3.31. The Labute approximate surface area is 101 Å². The van der Waals surface area contributed by atoms with Crippen molar-refractivity contribution in [3.8, 4) is 0 Å². The summed E-state index contributed by atoms with van der Waals surface area (Å²) in [5, 5.41) is 9.51. The minimum absolute atomic E-state index is 0.358. The lowest BCUT2D eigenvalue weighted by molar-refractivity contribution is -0.151. The second-order valence-corrected chi connectivity index (χ2v) is 4.04. The summed E-state index contributed by atoms with van der Waals surface area (Å²) in [5.74, 6) is -1.26. The van der Waals surface area contributed by atoms with Gasteiger partial charge in [0, 0.05) is 0 Å². The number of carbonyl (C=O) groups is 1. The maximum absolute atomic E-state index is 12.9. The van der Waals surface area contributed by atoms with Crippen LogP contribution in [0.2, 0.25) is 0 Å². The molecule has 1 unspecified atom stereocenters. The molecule has 94 valence electrons. The van der Waals surface area contributed by atoms with E-state index >= 15 is 0 Å². The minimum Gasteiger partial charge on any atom is -0.480 e. The van der Waals surface area contributed by atoms with Gasteiger partial charge in [-0.3, -0.25) is 4.90 Å². The first-order chi connectivity index (χ1) is 7.98. The molecule has 0 fully saturated rings. The predicted octanol–water partition coefficient (Wildman–Crippen LogP) is 2.47. The van der Waals surface area contributed by atoms with Gasteiger partial charge in [0.25, 0.3) is 0 Å². The summed E-state index contributed by atoms with van der Waals surface area (Å²) in [6.45, 7) is 4.33. The van der Waals surface area contributed by atoms with Crippen LogP contribution in [0.25, 0.3) is 0 Å². The summed E-state index contributed by atoms with van der Waals surface area (Å²) in [4.78, 5) is 13.4. The van der Waals surface area contributed by atoms with E-state index in [1.165, 1.54) is 12.1 Å². The van der Waals surface area contributed by atoms with Crippen LogP contribution < -0.4 is 0 Å². The molecule has 0 aliphatic rings. The van der Waals surface area contributed by atoms with Crippen molar-refractivity contribution in [3.63, 3.8) is 0 Å². The maximum atomic E-state index is 12.9. The largest absolute Gasteiger partial charge is 0.480 e. The van der Waals surface area contributed by atoms with Gasteiger partial charge in [0.1, 0.15) is 11.4 Å². The minimum atomic E-state index is -1.08. The van der Waals surface area contributed by atoms with Gasteiger partial charge < -0.3 is 5.11 Å². The predicted molar refractivity (Wildman–Crippen MR) is 64.3 cm³/mol. The molecule has 0 spiro atoms. The van der Waals surface area contributed by atoms with Gasteiger partial charge in [0.2, 0.25) is 0 Å². The molecule has 17 heavy (non-hydrogen) atoms. The lowest BCUT2D eigenvalue weighted by atomic mass is 9.85. The third-order valence-electron chi connectivity index (χ3n) is 3.31. The van der Waals surface area contributed by atoms with Gasteiger partial charge in [0.15, 0.2) is 0 Å². The van der Waals surface area contributed by atoms with E-state index in [-0.39, 0.29) is 5.82 Å². The molecule has 0 aromatic heterocycles. The number of rotatable bonds is 5. The molecule has 0 bridgehead atoms. The Bertz CT molecular complexity index is 391. The lowest BCUT2D eigenvalue weighted by Crippen LogP contribution is -2.49. The number of aliphatic carboxylic acids is 1. The molecule has 1 aromatic rings. The lowest BCUT2D eigenvalue weighted by Gasteiger charge is -2.37. The van der Waals surface area contributed by atoms with E-state index in [1.54, 1.807) is 24.1 Å². The van der Waals surface area contributed by atoms with Crippen LogP contribution in [0.15, 0.2) is 24.3 Å². The van der Waals surface area contributed by atoms with Gasteiger partial charge in [-0.25, -0.2) is 9.18 Å². The summed E-state index contributed by atoms with van der Waals surface area (Å²) in [7, 11) is 1.76. The van der Waals surface area contributed by atoms with Gasteiger partial charge in [-0.15, -0.1) is 0 Å². The fourth-order valence-electron chi connectivity index (χ4n) is 2.13. The highest BCUT2D eigenvalue weighted by atomic mass is 19.1. The van der Waals surface area contributed by atoms with Crippen molar-refractivity contribution in [1.82, 2.24) is 4.90 Å². The number of carboxylic acids is 1. The highest BCUT2D eigenvalue weighted by Crippen LogP contribution is 2.31. The van der Waals surface area contributed by atoms with Gasteiger partial charge >= 0.3 is 5.97 Å². The zero-order valence-electron chi connectivity index (χ0n) is 10.4. The molecular formula is C13H18FNO2. The number of nitrogens with zero attached hydrogens (tertiary/aromatic N) is 1. The van der Waals surface area contributed by atoms with Crippen LogP contribution >= 0.6 is 0 Å². The second-order valence-electron chi connectivity index (χ2n) is 4.04. The summed E-state index contributed by atoms with van der Waals surface area (Å²) in [6.07, 6.45) is 0.429. The highest BCUT2D eigenvalue weighted by molar-refractivity contribution is 5.80. The molecule has 0 aliphatic heterocycles. The molecule has 4 heteroatoms. The molecule has 1 aromatic carbocycles. The zero-order chi connectivity index (χ0) is 13.1. The monoisotopic (exact) mass is 239 g/mol. The Kier molecular flexibility index (Phi) is 4.23. The van der Waals surface area contributed by atoms with Crippen LogP contribution in [-0.2, 0) is 10.3 Å². The molecule has 0 radical (unpaired) electrons. The van der Waals surface area contributed by atoms with E-state index < -0.39 is 11.5 Å². The number of hydrogen-bond donors (Lipinski definition) is 1. The Morgan fingerprint density at radius 2 is 1.88 bits per heavy atom.